The third-order valence-corrected chi connectivity index (χ3v) is 13.7. The van der Waals surface area contributed by atoms with E-state index in [0.29, 0.717) is 5.92 Å². The highest BCUT2D eigenvalue weighted by Crippen LogP contribution is 2.56. The molecule has 8 rings (SSSR count). The molecule has 3 heterocycles. The predicted octanol–water partition coefficient (Wildman–Crippen LogP) is 12.8. The van der Waals surface area contributed by atoms with Crippen molar-refractivity contribution in [1.82, 2.24) is 4.90 Å². The van der Waals surface area contributed by atoms with Crippen LogP contribution in [0.1, 0.15) is 105 Å². The van der Waals surface area contributed by atoms with Crippen molar-refractivity contribution in [3.05, 3.63) is 136 Å². The minimum absolute atomic E-state index is 0.0468. The maximum atomic E-state index is 4.95. The molecule has 4 heteroatoms. The summed E-state index contributed by atoms with van der Waals surface area (Å²) in [5.74, 6) is 3.07. The van der Waals surface area contributed by atoms with Crippen molar-refractivity contribution in [2.24, 2.45) is 16.7 Å². The quantitative estimate of drug-likeness (QED) is 0.247. The molecule has 0 bridgehead atoms. The average Bonchev–Trinajstić information content (AvgIpc) is 3.27. The first-order valence-electron chi connectivity index (χ1n) is 19.4. The van der Waals surface area contributed by atoms with Gasteiger partial charge in [0.15, 0.2) is 0 Å². The maximum absolute atomic E-state index is 4.95. The third kappa shape index (κ3) is 5.59. The summed E-state index contributed by atoms with van der Waals surface area (Å²) >= 11 is 2.02. The fourth-order valence-electron chi connectivity index (χ4n) is 9.26. The number of benzene rings is 2. The molecule has 1 unspecified atom stereocenters. The molecule has 3 aliphatic carbocycles. The lowest BCUT2D eigenvalue weighted by atomic mass is 9.37. The van der Waals surface area contributed by atoms with Gasteiger partial charge in [-0.25, -0.2) is 0 Å². The molecule has 1 atom stereocenters. The topological polar surface area (TPSA) is 6.48 Å². The third-order valence-electron chi connectivity index (χ3n) is 12.4. The molecule has 2 nitrogen and oxygen atoms in total. The van der Waals surface area contributed by atoms with Crippen LogP contribution in [0.5, 0.6) is 0 Å². The second-order valence-corrected chi connectivity index (χ2v) is 19.2. The Balaban J connectivity index is 1.54. The van der Waals surface area contributed by atoms with Gasteiger partial charge < -0.3 is 9.80 Å². The van der Waals surface area contributed by atoms with E-state index in [2.05, 4.69) is 151 Å². The van der Waals surface area contributed by atoms with Gasteiger partial charge in [0.2, 0.25) is 0 Å². The van der Waals surface area contributed by atoms with Crippen molar-refractivity contribution in [3.8, 4) is 0 Å². The number of hydrogen-bond acceptors (Lipinski definition) is 3. The number of rotatable bonds is 2. The highest BCUT2D eigenvalue weighted by molar-refractivity contribution is 7.31. The molecule has 0 amide bonds. The van der Waals surface area contributed by atoms with E-state index in [-0.39, 0.29) is 23.0 Å². The van der Waals surface area contributed by atoms with Gasteiger partial charge in [0, 0.05) is 43.3 Å². The first kappa shape index (κ1) is 34.3. The smallest absolute Gasteiger partial charge is 0.254 e. The van der Waals surface area contributed by atoms with Crippen molar-refractivity contribution in [2.45, 2.75) is 106 Å². The lowest BCUT2D eigenvalue weighted by Gasteiger charge is -2.45. The molecule has 262 valence electrons. The zero-order valence-corrected chi connectivity index (χ0v) is 33.2. The van der Waals surface area contributed by atoms with Gasteiger partial charge in [-0.3, -0.25) is 0 Å². The molecule has 0 radical (unpaired) electrons. The zero-order valence-electron chi connectivity index (χ0n) is 32.4. The summed E-state index contributed by atoms with van der Waals surface area (Å²) in [6.07, 6.45) is 19.0. The van der Waals surface area contributed by atoms with Gasteiger partial charge in [-0.15, -0.1) is 17.3 Å². The Hall–Kier alpha value is -3.76. The standard InChI is InChI=1S/C47H55BN2S/c1-30-17-15-16-20-38(30)50-39-23-21-31(2)42-41(39)48(44-43(50)35-28-33(45(4,5)6)22-24-40(35)51-44)29-37-36(46(7,8)25-26-47(37,9)10)27-32(3)49(42)34-18-13-11-12-14-19-34/h13,15-20,22-24,27-29,31H,3,11-12,14,21,25-26H2,1-2,4-10H3/b36-27+,37-29+. The normalized spacial score (nSPS) is 24.9. The zero-order chi connectivity index (χ0) is 36.0. The van der Waals surface area contributed by atoms with E-state index in [0.717, 1.165) is 25.0 Å². The Morgan fingerprint density at radius 3 is 2.41 bits per heavy atom. The van der Waals surface area contributed by atoms with Crippen LogP contribution in [-0.4, -0.2) is 11.6 Å². The van der Waals surface area contributed by atoms with Crippen LogP contribution in [0.25, 0.3) is 10.1 Å². The van der Waals surface area contributed by atoms with Crippen LogP contribution in [0.3, 0.4) is 0 Å². The minimum Gasteiger partial charge on any atom is -0.315 e. The van der Waals surface area contributed by atoms with E-state index >= 15 is 0 Å². The Morgan fingerprint density at radius 2 is 1.67 bits per heavy atom. The lowest BCUT2D eigenvalue weighted by Crippen LogP contribution is -2.46. The molecule has 51 heavy (non-hydrogen) atoms. The van der Waals surface area contributed by atoms with Crippen molar-refractivity contribution in [1.29, 1.82) is 0 Å². The van der Waals surface area contributed by atoms with E-state index in [9.17, 15) is 0 Å². The molecule has 1 saturated carbocycles. The molecule has 1 fully saturated rings. The SMILES string of the molecule is C=C1/C=C2\C(=C/B3C4=C(C(C)CC=C4N(c4ccccc4C)c4c3sc3ccc(C(C)(C)C)cc43)N1C1=CCCCC=C1)C(C)(C)CCC2(C)C. The Bertz CT molecular complexity index is 2150. The number of nitrogens with zero attached hydrogens (tertiary/aromatic N) is 2. The van der Waals surface area contributed by atoms with Crippen LogP contribution in [0.4, 0.5) is 11.4 Å². The number of thiophene rings is 1. The Kier molecular flexibility index (Phi) is 8.19. The van der Waals surface area contributed by atoms with Gasteiger partial charge in [0.25, 0.3) is 6.71 Å². The average molecular weight is 691 g/mol. The molecule has 2 aliphatic heterocycles. The number of hydrogen-bond donors (Lipinski definition) is 0. The molecular weight excluding hydrogens is 635 g/mol. The van der Waals surface area contributed by atoms with Crippen LogP contribution in [-0.2, 0) is 5.41 Å². The van der Waals surface area contributed by atoms with Gasteiger partial charge in [-0.05, 0) is 120 Å². The van der Waals surface area contributed by atoms with E-state index in [1.807, 2.05) is 11.3 Å². The molecular formula is C47H55BN2S. The largest absolute Gasteiger partial charge is 0.315 e. The number of anilines is 2. The van der Waals surface area contributed by atoms with Crippen molar-refractivity contribution in [3.63, 3.8) is 0 Å². The van der Waals surface area contributed by atoms with Crippen LogP contribution >= 0.6 is 11.3 Å². The van der Waals surface area contributed by atoms with Gasteiger partial charge in [-0.1, -0.05) is 110 Å². The van der Waals surface area contributed by atoms with Gasteiger partial charge in [0.05, 0.1) is 5.69 Å². The second-order valence-electron chi connectivity index (χ2n) is 18.1. The van der Waals surface area contributed by atoms with Crippen LogP contribution in [0, 0.1) is 23.7 Å². The monoisotopic (exact) mass is 690 g/mol. The summed E-state index contributed by atoms with van der Waals surface area (Å²) in [6.45, 7) is 26.7. The van der Waals surface area contributed by atoms with Crippen LogP contribution < -0.4 is 9.68 Å². The Morgan fingerprint density at radius 1 is 0.922 bits per heavy atom. The first-order valence-corrected chi connectivity index (χ1v) is 20.2. The highest BCUT2D eigenvalue weighted by Gasteiger charge is 2.47. The fraction of sp³-hybridized carbons (Fsp3) is 0.404. The van der Waals surface area contributed by atoms with Crippen LogP contribution in [0.2, 0.25) is 0 Å². The summed E-state index contributed by atoms with van der Waals surface area (Å²) in [4.78, 5) is 5.25. The number of fused-ring (bicyclic) bond motifs is 5. The molecule has 0 N–H and O–H groups in total. The van der Waals surface area contributed by atoms with E-state index in [1.165, 1.54) is 90.3 Å². The Labute approximate surface area is 311 Å². The molecule has 1 aromatic heterocycles. The summed E-state index contributed by atoms with van der Waals surface area (Å²) in [7, 11) is 0. The highest BCUT2D eigenvalue weighted by atomic mass is 32.1. The second kappa shape index (κ2) is 12.2. The number of para-hydroxylation sites is 1. The number of allylic oxidation sites excluding steroid dienone is 9. The lowest BCUT2D eigenvalue weighted by molar-refractivity contribution is 0.260. The number of aryl methyl sites for hydroxylation is 1. The minimum atomic E-state index is 0.0468. The molecule has 0 spiro atoms. The molecule has 5 aliphatic rings. The van der Waals surface area contributed by atoms with Gasteiger partial charge >= 0.3 is 0 Å². The molecule has 3 aromatic rings. The van der Waals surface area contributed by atoms with E-state index < -0.39 is 0 Å². The van der Waals surface area contributed by atoms with Gasteiger partial charge in [-0.2, -0.15) is 0 Å². The fourth-order valence-corrected chi connectivity index (χ4v) is 10.5. The van der Waals surface area contributed by atoms with Crippen molar-refractivity contribution >= 4 is 44.3 Å². The predicted molar refractivity (Wildman–Crippen MR) is 223 cm³/mol. The van der Waals surface area contributed by atoms with E-state index in [4.69, 9.17) is 6.58 Å². The molecule has 0 saturated heterocycles. The summed E-state index contributed by atoms with van der Waals surface area (Å²) in [6, 6.07) is 16.3. The summed E-state index contributed by atoms with van der Waals surface area (Å²) in [5.41, 5.74) is 15.0. The van der Waals surface area contributed by atoms with Gasteiger partial charge in [0.1, 0.15) is 0 Å². The van der Waals surface area contributed by atoms with E-state index in [1.54, 1.807) is 0 Å². The maximum Gasteiger partial charge on any atom is 0.254 e. The van der Waals surface area contributed by atoms with Crippen molar-refractivity contribution < 1.29 is 0 Å². The summed E-state index contributed by atoms with van der Waals surface area (Å²) < 4.78 is 2.83. The first-order chi connectivity index (χ1) is 24.2. The van der Waals surface area contributed by atoms with Crippen LogP contribution in [0.15, 0.2) is 125 Å². The molecule has 2 aromatic carbocycles. The van der Waals surface area contributed by atoms with Crippen molar-refractivity contribution in [2.75, 3.05) is 4.90 Å². The summed E-state index contributed by atoms with van der Waals surface area (Å²) in [5, 5.41) is 1.37.